The van der Waals surface area contributed by atoms with E-state index in [9.17, 15) is 13.6 Å². The molecule has 0 radical (unpaired) electrons. The number of nitrogens with two attached hydrogens (primary N) is 1. The molecule has 0 saturated carbocycles. The number of carbonyl (C=O) groups is 1. The van der Waals surface area contributed by atoms with Gasteiger partial charge in [0.15, 0.2) is 0 Å². The van der Waals surface area contributed by atoms with Crippen molar-refractivity contribution in [1.29, 1.82) is 0 Å². The van der Waals surface area contributed by atoms with Gasteiger partial charge in [0.2, 0.25) is 5.91 Å². The summed E-state index contributed by atoms with van der Waals surface area (Å²) in [7, 11) is 0. The van der Waals surface area contributed by atoms with Crippen LogP contribution in [0.2, 0.25) is 0 Å². The molecule has 0 aliphatic carbocycles. The zero-order chi connectivity index (χ0) is 13.8. The molecule has 1 amide bonds. The summed E-state index contributed by atoms with van der Waals surface area (Å²) in [4.78, 5) is 13.7. The van der Waals surface area contributed by atoms with Crippen molar-refractivity contribution in [3.8, 4) is 0 Å². The standard InChI is InChI=1S/C13H17F2N3O.ClH/c14-9-5-10(15)7-12(6-9)17-13(19)8-18-3-1-11(16)2-4-18;/h5-7,11H,1-4,8,16H2,(H,17,19);1H. The second-order valence-corrected chi connectivity index (χ2v) is 4.82. The summed E-state index contributed by atoms with van der Waals surface area (Å²) in [5.41, 5.74) is 5.91. The van der Waals surface area contributed by atoms with Crippen LogP contribution >= 0.6 is 12.4 Å². The lowest BCUT2D eigenvalue weighted by molar-refractivity contribution is -0.117. The number of benzene rings is 1. The minimum Gasteiger partial charge on any atom is -0.328 e. The van der Waals surface area contributed by atoms with Crippen molar-refractivity contribution in [2.45, 2.75) is 18.9 Å². The average molecular weight is 306 g/mol. The SMILES string of the molecule is Cl.NC1CCN(CC(=O)Nc2cc(F)cc(F)c2)CC1. The van der Waals surface area contributed by atoms with Gasteiger partial charge in [-0.2, -0.15) is 0 Å². The number of amides is 1. The molecule has 20 heavy (non-hydrogen) atoms. The summed E-state index contributed by atoms with van der Waals surface area (Å²) in [6, 6.07) is 3.15. The van der Waals surface area contributed by atoms with Gasteiger partial charge in [0.05, 0.1) is 6.54 Å². The Morgan fingerprint density at radius 1 is 1.25 bits per heavy atom. The molecular weight excluding hydrogens is 288 g/mol. The van der Waals surface area contributed by atoms with E-state index in [0.29, 0.717) is 0 Å². The summed E-state index contributed by atoms with van der Waals surface area (Å²) >= 11 is 0. The van der Waals surface area contributed by atoms with Gasteiger partial charge >= 0.3 is 0 Å². The number of nitrogens with zero attached hydrogens (tertiary/aromatic N) is 1. The number of nitrogens with one attached hydrogen (secondary N) is 1. The molecule has 112 valence electrons. The van der Waals surface area contributed by atoms with E-state index in [4.69, 9.17) is 5.73 Å². The highest BCUT2D eigenvalue weighted by Crippen LogP contribution is 2.13. The molecule has 1 saturated heterocycles. The van der Waals surface area contributed by atoms with Gasteiger partial charge in [-0.25, -0.2) is 8.78 Å². The highest BCUT2D eigenvalue weighted by atomic mass is 35.5. The number of carbonyl (C=O) groups excluding carboxylic acids is 1. The Bertz CT molecular complexity index is 445. The van der Waals surface area contributed by atoms with E-state index in [2.05, 4.69) is 5.32 Å². The van der Waals surface area contributed by atoms with Crippen LogP contribution < -0.4 is 11.1 Å². The molecule has 1 heterocycles. The predicted molar refractivity (Wildman–Crippen MR) is 75.9 cm³/mol. The molecule has 0 unspecified atom stereocenters. The van der Waals surface area contributed by atoms with Crippen LogP contribution in [0.5, 0.6) is 0 Å². The van der Waals surface area contributed by atoms with Crippen LogP contribution in [0, 0.1) is 11.6 Å². The number of halogens is 3. The molecular formula is C13H18ClF2N3O. The maximum atomic E-state index is 13.0. The lowest BCUT2D eigenvalue weighted by Gasteiger charge is -2.29. The van der Waals surface area contributed by atoms with Gasteiger partial charge in [-0.15, -0.1) is 12.4 Å². The van der Waals surface area contributed by atoms with Gasteiger partial charge in [0.25, 0.3) is 0 Å². The highest BCUT2D eigenvalue weighted by molar-refractivity contribution is 5.92. The predicted octanol–water partition coefficient (Wildman–Crippen LogP) is 1.75. The van der Waals surface area contributed by atoms with Crippen molar-refractivity contribution in [3.63, 3.8) is 0 Å². The number of hydrogen-bond acceptors (Lipinski definition) is 3. The Balaban J connectivity index is 0.00000200. The van der Waals surface area contributed by atoms with Crippen LogP contribution in [-0.4, -0.2) is 36.5 Å². The molecule has 2 rings (SSSR count). The molecule has 0 spiro atoms. The van der Waals surface area contributed by atoms with E-state index in [-0.39, 0.29) is 36.6 Å². The van der Waals surface area contributed by atoms with Crippen molar-refractivity contribution in [2.75, 3.05) is 25.0 Å². The Hall–Kier alpha value is -1.24. The third-order valence-corrected chi connectivity index (χ3v) is 3.15. The Labute approximate surface area is 122 Å². The second-order valence-electron chi connectivity index (χ2n) is 4.82. The van der Waals surface area contributed by atoms with E-state index < -0.39 is 11.6 Å². The highest BCUT2D eigenvalue weighted by Gasteiger charge is 2.18. The molecule has 1 aliphatic rings. The maximum absolute atomic E-state index is 13.0. The molecule has 7 heteroatoms. The fourth-order valence-corrected chi connectivity index (χ4v) is 2.14. The Morgan fingerprint density at radius 3 is 2.35 bits per heavy atom. The van der Waals surface area contributed by atoms with Crippen LogP contribution in [-0.2, 0) is 4.79 Å². The van der Waals surface area contributed by atoms with E-state index in [1.165, 1.54) is 0 Å². The van der Waals surface area contributed by atoms with E-state index in [1.807, 2.05) is 4.90 Å². The lowest BCUT2D eigenvalue weighted by Crippen LogP contribution is -2.43. The molecule has 1 aliphatic heterocycles. The first-order chi connectivity index (χ1) is 9.02. The molecule has 0 bridgehead atoms. The Kier molecular flexibility index (Phi) is 6.32. The maximum Gasteiger partial charge on any atom is 0.238 e. The van der Waals surface area contributed by atoms with Gasteiger partial charge < -0.3 is 11.1 Å². The monoisotopic (exact) mass is 305 g/mol. The molecule has 3 N–H and O–H groups in total. The normalized spacial score (nSPS) is 16.6. The van der Waals surface area contributed by atoms with E-state index in [0.717, 1.165) is 44.1 Å². The third-order valence-electron chi connectivity index (χ3n) is 3.15. The van der Waals surface area contributed by atoms with Crippen molar-refractivity contribution in [2.24, 2.45) is 5.73 Å². The van der Waals surface area contributed by atoms with Gasteiger partial charge in [-0.1, -0.05) is 0 Å². The second kappa shape index (κ2) is 7.52. The number of piperidine rings is 1. The topological polar surface area (TPSA) is 58.4 Å². The fraction of sp³-hybridized carbons (Fsp3) is 0.462. The summed E-state index contributed by atoms with van der Waals surface area (Å²) in [5, 5.41) is 2.49. The molecule has 1 fully saturated rings. The van der Waals surface area contributed by atoms with Crippen molar-refractivity contribution in [3.05, 3.63) is 29.8 Å². The number of likely N-dealkylation sites (tertiary alicyclic amines) is 1. The van der Waals surface area contributed by atoms with Crippen LogP contribution in [0.4, 0.5) is 14.5 Å². The largest absolute Gasteiger partial charge is 0.328 e. The molecule has 0 atom stereocenters. The number of rotatable bonds is 3. The smallest absolute Gasteiger partial charge is 0.238 e. The average Bonchev–Trinajstić information content (AvgIpc) is 2.30. The van der Waals surface area contributed by atoms with Crippen LogP contribution in [0.15, 0.2) is 18.2 Å². The van der Waals surface area contributed by atoms with Crippen molar-refractivity contribution >= 4 is 24.0 Å². The summed E-state index contributed by atoms with van der Waals surface area (Å²) < 4.78 is 25.9. The van der Waals surface area contributed by atoms with Crippen molar-refractivity contribution in [1.82, 2.24) is 4.90 Å². The molecule has 1 aromatic carbocycles. The van der Waals surface area contributed by atoms with Crippen molar-refractivity contribution < 1.29 is 13.6 Å². The fourth-order valence-electron chi connectivity index (χ4n) is 2.14. The summed E-state index contributed by atoms with van der Waals surface area (Å²) in [5.74, 6) is -1.70. The van der Waals surface area contributed by atoms with Crippen LogP contribution in [0.25, 0.3) is 0 Å². The first kappa shape index (κ1) is 16.8. The van der Waals surface area contributed by atoms with Crippen LogP contribution in [0.1, 0.15) is 12.8 Å². The quantitative estimate of drug-likeness (QED) is 0.894. The van der Waals surface area contributed by atoms with Gasteiger partial charge in [-0.3, -0.25) is 9.69 Å². The minimum atomic E-state index is -0.709. The lowest BCUT2D eigenvalue weighted by atomic mass is 10.1. The van der Waals surface area contributed by atoms with E-state index in [1.54, 1.807) is 0 Å². The van der Waals surface area contributed by atoms with E-state index >= 15 is 0 Å². The zero-order valence-corrected chi connectivity index (χ0v) is 11.8. The third kappa shape index (κ3) is 5.03. The molecule has 1 aromatic rings. The molecule has 0 aromatic heterocycles. The van der Waals surface area contributed by atoms with Gasteiger partial charge in [0.1, 0.15) is 11.6 Å². The first-order valence-corrected chi connectivity index (χ1v) is 6.27. The van der Waals surface area contributed by atoms with Crippen LogP contribution in [0.3, 0.4) is 0 Å². The Morgan fingerprint density at radius 2 is 1.80 bits per heavy atom. The summed E-state index contributed by atoms with van der Waals surface area (Å²) in [6.07, 6.45) is 1.73. The number of anilines is 1. The minimum absolute atomic E-state index is 0. The van der Waals surface area contributed by atoms with Gasteiger partial charge in [0, 0.05) is 30.9 Å². The van der Waals surface area contributed by atoms with Gasteiger partial charge in [-0.05, 0) is 25.0 Å². The molecule has 4 nitrogen and oxygen atoms in total. The zero-order valence-electron chi connectivity index (χ0n) is 10.9. The number of hydrogen-bond donors (Lipinski definition) is 2. The first-order valence-electron chi connectivity index (χ1n) is 6.27. The summed E-state index contributed by atoms with van der Waals surface area (Å²) in [6.45, 7) is 1.75.